The maximum Gasteiger partial charge on any atom is 0.256 e. The third-order valence-electron chi connectivity index (χ3n) is 6.05. The van der Waals surface area contributed by atoms with Gasteiger partial charge in [-0.1, -0.05) is 0 Å². The summed E-state index contributed by atoms with van der Waals surface area (Å²) in [4.78, 5) is 18.9. The van der Waals surface area contributed by atoms with E-state index in [1.807, 2.05) is 12.1 Å². The fourth-order valence-corrected chi connectivity index (χ4v) is 5.59. The summed E-state index contributed by atoms with van der Waals surface area (Å²) in [5.74, 6) is 0.148. The molecule has 156 valence electrons. The van der Waals surface area contributed by atoms with Gasteiger partial charge in [-0.15, -0.1) is 11.3 Å². The molecule has 3 heterocycles. The molecule has 0 fully saturated rings. The average Bonchev–Trinajstić information content (AvgIpc) is 3.07. The number of carbonyl (C=O) groups is 1. The molecule has 0 saturated carbocycles. The molecule has 1 amide bonds. The van der Waals surface area contributed by atoms with Gasteiger partial charge < -0.3 is 20.6 Å². The summed E-state index contributed by atoms with van der Waals surface area (Å²) >= 11 is 1.68. The lowest BCUT2D eigenvalue weighted by Crippen LogP contribution is -2.39. The Morgan fingerprint density at radius 1 is 1.28 bits per heavy atom. The second kappa shape index (κ2) is 7.88. The van der Waals surface area contributed by atoms with Gasteiger partial charge in [0.15, 0.2) is 0 Å². The molecule has 1 aromatic carbocycles. The Kier molecular flexibility index (Phi) is 5.44. The van der Waals surface area contributed by atoms with Gasteiger partial charge in [-0.05, 0) is 51.8 Å². The van der Waals surface area contributed by atoms with Crippen LogP contribution in [-0.4, -0.2) is 41.6 Å². The van der Waals surface area contributed by atoms with Crippen LogP contribution in [0.25, 0.3) is 0 Å². The molecule has 7 heteroatoms. The van der Waals surface area contributed by atoms with Crippen LogP contribution < -0.4 is 15.5 Å². The Balaban J connectivity index is 1.61. The first-order valence-electron chi connectivity index (χ1n) is 10.5. The number of hydrogen-bond acceptors (Lipinski definition) is 6. The van der Waals surface area contributed by atoms with E-state index in [-0.39, 0.29) is 11.7 Å². The SMILES string of the molecule is CCN(CC)c1ccc([C@H]2NC(=O)c3c(sc4c3CCN(C(C)C)C4)N2)c(O)c1. The Labute approximate surface area is 176 Å². The van der Waals surface area contributed by atoms with E-state index in [2.05, 4.69) is 48.1 Å². The van der Waals surface area contributed by atoms with E-state index in [1.165, 1.54) is 10.4 Å². The molecule has 0 unspecified atom stereocenters. The second-order valence-electron chi connectivity index (χ2n) is 7.99. The molecule has 0 saturated heterocycles. The van der Waals surface area contributed by atoms with Crippen LogP contribution in [0.3, 0.4) is 0 Å². The zero-order chi connectivity index (χ0) is 20.7. The first kappa shape index (κ1) is 20.0. The number of nitrogens with one attached hydrogen (secondary N) is 2. The van der Waals surface area contributed by atoms with Crippen LogP contribution in [0.15, 0.2) is 18.2 Å². The Hall–Kier alpha value is -2.25. The van der Waals surface area contributed by atoms with E-state index in [1.54, 1.807) is 17.4 Å². The van der Waals surface area contributed by atoms with E-state index in [9.17, 15) is 9.90 Å². The maximum atomic E-state index is 12.9. The first-order chi connectivity index (χ1) is 13.9. The minimum absolute atomic E-state index is 0.0496. The van der Waals surface area contributed by atoms with Gasteiger partial charge in [0.25, 0.3) is 5.91 Å². The molecule has 1 aromatic heterocycles. The lowest BCUT2D eigenvalue weighted by molar-refractivity contribution is 0.0934. The minimum atomic E-state index is -0.429. The highest BCUT2D eigenvalue weighted by molar-refractivity contribution is 7.16. The van der Waals surface area contributed by atoms with Gasteiger partial charge in [0.2, 0.25) is 0 Å². The number of amides is 1. The topological polar surface area (TPSA) is 67.8 Å². The number of fused-ring (bicyclic) bond motifs is 3. The van der Waals surface area contributed by atoms with Crippen LogP contribution in [0.1, 0.15) is 60.2 Å². The molecule has 0 aliphatic carbocycles. The van der Waals surface area contributed by atoms with Crippen molar-refractivity contribution in [3.63, 3.8) is 0 Å². The summed E-state index contributed by atoms with van der Waals surface area (Å²) in [6.07, 6.45) is 0.477. The van der Waals surface area contributed by atoms with Crippen molar-refractivity contribution >= 4 is 27.9 Å². The van der Waals surface area contributed by atoms with Crippen molar-refractivity contribution < 1.29 is 9.90 Å². The van der Waals surface area contributed by atoms with Gasteiger partial charge in [-0.2, -0.15) is 0 Å². The van der Waals surface area contributed by atoms with Gasteiger partial charge >= 0.3 is 0 Å². The van der Waals surface area contributed by atoms with Crippen molar-refractivity contribution in [1.29, 1.82) is 0 Å². The number of aromatic hydroxyl groups is 1. The monoisotopic (exact) mass is 414 g/mol. The van der Waals surface area contributed by atoms with E-state index < -0.39 is 6.17 Å². The predicted octanol–water partition coefficient (Wildman–Crippen LogP) is 3.92. The number of thiophene rings is 1. The predicted molar refractivity (Wildman–Crippen MR) is 119 cm³/mol. The van der Waals surface area contributed by atoms with Gasteiger partial charge in [0.1, 0.15) is 16.9 Å². The van der Waals surface area contributed by atoms with Gasteiger partial charge in [-0.3, -0.25) is 9.69 Å². The molecule has 2 aliphatic heterocycles. The largest absolute Gasteiger partial charge is 0.507 e. The number of rotatable bonds is 5. The highest BCUT2D eigenvalue weighted by atomic mass is 32.1. The molecule has 0 spiro atoms. The second-order valence-corrected chi connectivity index (χ2v) is 9.09. The zero-order valence-electron chi connectivity index (χ0n) is 17.6. The summed E-state index contributed by atoms with van der Waals surface area (Å²) in [5.41, 5.74) is 3.66. The zero-order valence-corrected chi connectivity index (χ0v) is 18.4. The molecule has 1 atom stereocenters. The van der Waals surface area contributed by atoms with Crippen LogP contribution in [0.5, 0.6) is 5.75 Å². The van der Waals surface area contributed by atoms with Gasteiger partial charge in [0.05, 0.1) is 5.56 Å². The third-order valence-corrected chi connectivity index (χ3v) is 7.20. The standard InChI is InChI=1S/C22H30N4O2S/c1-5-25(6-2)14-7-8-15(17(27)11-14)20-23-21(28)19-16-9-10-26(13(3)4)12-18(16)29-22(19)24-20/h7-8,11,13,20,24,27H,5-6,9-10,12H2,1-4H3,(H,23,28)/t20-/m0/s1. The molecule has 2 aliphatic rings. The number of anilines is 2. The van der Waals surface area contributed by atoms with Gasteiger partial charge in [-0.25, -0.2) is 0 Å². The summed E-state index contributed by atoms with van der Waals surface area (Å²) in [7, 11) is 0. The molecule has 0 radical (unpaired) electrons. The molecule has 3 N–H and O–H groups in total. The molecule has 0 bridgehead atoms. The number of benzene rings is 1. The summed E-state index contributed by atoms with van der Waals surface area (Å²) in [6, 6.07) is 6.19. The average molecular weight is 415 g/mol. The summed E-state index contributed by atoms with van der Waals surface area (Å²) in [6.45, 7) is 12.3. The Morgan fingerprint density at radius 2 is 2.03 bits per heavy atom. The van der Waals surface area contributed by atoms with Crippen molar-refractivity contribution in [3.8, 4) is 5.75 Å². The Morgan fingerprint density at radius 3 is 2.69 bits per heavy atom. The number of nitrogens with zero attached hydrogens (tertiary/aromatic N) is 2. The van der Waals surface area contributed by atoms with Crippen LogP contribution >= 0.6 is 11.3 Å². The summed E-state index contributed by atoms with van der Waals surface area (Å²) in [5, 5.41) is 18.1. The maximum absolute atomic E-state index is 12.9. The quantitative estimate of drug-likeness (QED) is 0.692. The normalized spacial score (nSPS) is 18.8. The van der Waals surface area contributed by atoms with Crippen molar-refractivity contribution in [2.24, 2.45) is 0 Å². The van der Waals surface area contributed by atoms with Crippen LogP contribution in [0.2, 0.25) is 0 Å². The highest BCUT2D eigenvalue weighted by Gasteiger charge is 2.34. The fraction of sp³-hybridized carbons (Fsp3) is 0.500. The molecule has 4 rings (SSSR count). The number of phenolic OH excluding ortho intramolecular Hbond substituents is 1. The number of carbonyl (C=O) groups excluding carboxylic acids is 1. The van der Waals surface area contributed by atoms with Crippen LogP contribution in [-0.2, 0) is 13.0 Å². The highest BCUT2D eigenvalue weighted by Crippen LogP contribution is 2.42. The van der Waals surface area contributed by atoms with Crippen molar-refractivity contribution in [1.82, 2.24) is 10.2 Å². The lowest BCUT2D eigenvalue weighted by atomic mass is 9.99. The van der Waals surface area contributed by atoms with E-state index >= 15 is 0 Å². The van der Waals surface area contributed by atoms with Crippen molar-refractivity contribution in [2.45, 2.75) is 52.9 Å². The van der Waals surface area contributed by atoms with E-state index in [0.717, 1.165) is 48.9 Å². The molecule has 2 aromatic rings. The third kappa shape index (κ3) is 3.57. The molecule has 6 nitrogen and oxygen atoms in total. The minimum Gasteiger partial charge on any atom is -0.507 e. The fourth-order valence-electron chi connectivity index (χ4n) is 4.29. The van der Waals surface area contributed by atoms with Gasteiger partial charge in [0, 0.05) is 54.4 Å². The first-order valence-corrected chi connectivity index (χ1v) is 11.3. The van der Waals surface area contributed by atoms with E-state index in [0.29, 0.717) is 11.6 Å². The smallest absolute Gasteiger partial charge is 0.256 e. The molecular formula is C22H30N4O2S. The molecule has 29 heavy (non-hydrogen) atoms. The van der Waals surface area contributed by atoms with Crippen molar-refractivity contribution in [2.75, 3.05) is 29.9 Å². The van der Waals surface area contributed by atoms with Crippen molar-refractivity contribution in [3.05, 3.63) is 39.8 Å². The Bertz CT molecular complexity index is 920. The number of phenols is 1. The molecular weight excluding hydrogens is 384 g/mol. The van der Waals surface area contributed by atoms with E-state index in [4.69, 9.17) is 0 Å². The summed E-state index contributed by atoms with van der Waals surface area (Å²) < 4.78 is 0. The van der Waals surface area contributed by atoms with Crippen LogP contribution in [0.4, 0.5) is 10.7 Å². The number of hydrogen-bond donors (Lipinski definition) is 3. The van der Waals surface area contributed by atoms with Crippen LogP contribution in [0, 0.1) is 0 Å². The lowest BCUT2D eigenvalue weighted by Gasteiger charge is -2.31.